The van der Waals surface area contributed by atoms with Crippen molar-refractivity contribution < 1.29 is 33.9 Å². The second-order valence-corrected chi connectivity index (χ2v) is 9.26. The fourth-order valence-corrected chi connectivity index (χ4v) is 5.73. The number of ether oxygens (including phenoxy) is 5. The minimum Gasteiger partial charge on any atom is -0.391 e. The Kier molecular flexibility index (Phi) is 5.81. The summed E-state index contributed by atoms with van der Waals surface area (Å²) in [5.74, 6) is -0.858. The van der Waals surface area contributed by atoms with Gasteiger partial charge in [0.15, 0.2) is 5.79 Å². The molecule has 0 aliphatic carbocycles. The summed E-state index contributed by atoms with van der Waals surface area (Å²) < 4.78 is 31.0. The maximum Gasteiger partial charge on any atom is 0.174 e. The third kappa shape index (κ3) is 3.23. The lowest BCUT2D eigenvalue weighted by Crippen LogP contribution is -2.61. The highest BCUT2D eigenvalue weighted by Gasteiger charge is 2.60. The second kappa shape index (κ2) is 7.76. The highest BCUT2D eigenvalue weighted by molar-refractivity contribution is 5.04. The van der Waals surface area contributed by atoms with Gasteiger partial charge >= 0.3 is 0 Å². The summed E-state index contributed by atoms with van der Waals surface area (Å²) in [6, 6.07) is 0. The molecule has 0 bridgehead atoms. The first-order valence-corrected chi connectivity index (χ1v) is 10.8. The zero-order valence-electron chi connectivity index (χ0n) is 17.6. The third-order valence-corrected chi connectivity index (χ3v) is 7.71. The van der Waals surface area contributed by atoms with Gasteiger partial charge in [-0.05, 0) is 12.3 Å². The van der Waals surface area contributed by atoms with Crippen LogP contribution in [-0.4, -0.2) is 78.5 Å². The van der Waals surface area contributed by atoms with Gasteiger partial charge in [0.2, 0.25) is 0 Å². The monoisotopic (exact) mass is 400 g/mol. The van der Waals surface area contributed by atoms with Crippen molar-refractivity contribution >= 4 is 0 Å². The lowest BCUT2D eigenvalue weighted by molar-refractivity contribution is -0.338. The Morgan fingerprint density at radius 1 is 1.04 bits per heavy atom. The molecular formula is C21H36O7. The first kappa shape index (κ1) is 21.0. The van der Waals surface area contributed by atoms with Gasteiger partial charge in [-0.1, -0.05) is 27.7 Å². The first-order valence-electron chi connectivity index (χ1n) is 10.8. The van der Waals surface area contributed by atoms with Crippen molar-refractivity contribution in [3.05, 3.63) is 0 Å². The highest BCUT2D eigenvalue weighted by Crippen LogP contribution is 2.49. The molecule has 0 aromatic rings. The number of fused-ring (bicyclic) bond motifs is 2. The average molecular weight is 401 g/mol. The topological polar surface area (TPSA) is 86.6 Å². The number of hydrogen-bond donors (Lipinski definition) is 2. The second-order valence-electron chi connectivity index (χ2n) is 9.26. The summed E-state index contributed by atoms with van der Waals surface area (Å²) in [5.41, 5.74) is 0. The lowest BCUT2D eigenvalue weighted by atomic mass is 9.76. The number of rotatable bonds is 2. The van der Waals surface area contributed by atoms with Crippen LogP contribution in [0.25, 0.3) is 0 Å². The fourth-order valence-electron chi connectivity index (χ4n) is 5.73. The Bertz CT molecular complexity index is 559. The van der Waals surface area contributed by atoms with Gasteiger partial charge in [0.1, 0.15) is 6.10 Å². The normalized spacial score (nSPS) is 56.9. The molecule has 0 saturated carbocycles. The van der Waals surface area contributed by atoms with Gasteiger partial charge in [0, 0.05) is 31.8 Å². The van der Waals surface area contributed by atoms with Crippen LogP contribution in [-0.2, 0) is 23.7 Å². The van der Waals surface area contributed by atoms with Crippen molar-refractivity contribution in [2.24, 2.45) is 17.8 Å². The van der Waals surface area contributed by atoms with Gasteiger partial charge in [-0.3, -0.25) is 0 Å². The number of aliphatic hydroxyl groups excluding tert-OH is 2. The molecule has 4 rings (SSSR count). The summed E-state index contributed by atoms with van der Waals surface area (Å²) in [6.45, 7) is 8.59. The third-order valence-electron chi connectivity index (χ3n) is 7.71. The van der Waals surface area contributed by atoms with Crippen molar-refractivity contribution in [1.29, 1.82) is 0 Å². The van der Waals surface area contributed by atoms with Crippen LogP contribution >= 0.6 is 0 Å². The van der Waals surface area contributed by atoms with E-state index in [2.05, 4.69) is 20.8 Å². The molecule has 12 atom stereocenters. The van der Waals surface area contributed by atoms with E-state index in [9.17, 15) is 10.2 Å². The molecule has 0 aromatic heterocycles. The van der Waals surface area contributed by atoms with Crippen LogP contribution in [0, 0.1) is 17.8 Å². The molecule has 4 aliphatic heterocycles. The van der Waals surface area contributed by atoms with Gasteiger partial charge in [0.25, 0.3) is 0 Å². The number of hydrogen-bond acceptors (Lipinski definition) is 7. The van der Waals surface area contributed by atoms with Crippen LogP contribution < -0.4 is 0 Å². The molecule has 7 nitrogen and oxygen atoms in total. The van der Waals surface area contributed by atoms with Gasteiger partial charge in [0.05, 0.1) is 49.3 Å². The zero-order chi connectivity index (χ0) is 20.2. The molecule has 162 valence electrons. The van der Waals surface area contributed by atoms with Crippen LogP contribution in [0.3, 0.4) is 0 Å². The van der Waals surface area contributed by atoms with Crippen molar-refractivity contribution in [3.8, 4) is 0 Å². The van der Waals surface area contributed by atoms with E-state index < -0.39 is 24.1 Å². The molecule has 0 radical (unpaired) electrons. The number of methoxy groups -OCH3 is 1. The lowest BCUT2D eigenvalue weighted by Gasteiger charge is -2.50. The molecule has 7 heteroatoms. The molecular weight excluding hydrogens is 364 g/mol. The summed E-state index contributed by atoms with van der Waals surface area (Å²) in [4.78, 5) is 0. The Labute approximate surface area is 167 Å². The van der Waals surface area contributed by atoms with E-state index in [-0.39, 0.29) is 54.9 Å². The van der Waals surface area contributed by atoms with E-state index in [0.29, 0.717) is 6.42 Å². The van der Waals surface area contributed by atoms with Crippen molar-refractivity contribution in [2.75, 3.05) is 13.7 Å². The predicted molar refractivity (Wildman–Crippen MR) is 101 cm³/mol. The van der Waals surface area contributed by atoms with Gasteiger partial charge in [-0.15, -0.1) is 0 Å². The molecule has 28 heavy (non-hydrogen) atoms. The maximum atomic E-state index is 11.3. The van der Waals surface area contributed by atoms with E-state index >= 15 is 0 Å². The summed E-state index contributed by atoms with van der Waals surface area (Å²) >= 11 is 0. The summed E-state index contributed by atoms with van der Waals surface area (Å²) in [5, 5.41) is 21.3. The zero-order valence-corrected chi connectivity index (χ0v) is 17.6. The van der Waals surface area contributed by atoms with Crippen molar-refractivity contribution in [1.82, 2.24) is 0 Å². The summed E-state index contributed by atoms with van der Waals surface area (Å²) in [7, 11) is 1.72. The highest BCUT2D eigenvalue weighted by atomic mass is 16.7. The summed E-state index contributed by atoms with van der Waals surface area (Å²) in [6.07, 6.45) is -0.353. The average Bonchev–Trinajstić information content (AvgIpc) is 3.03. The molecule has 4 heterocycles. The van der Waals surface area contributed by atoms with Crippen molar-refractivity contribution in [2.45, 2.75) is 102 Å². The predicted octanol–water partition coefficient (Wildman–Crippen LogP) is 1.48. The molecule has 0 unspecified atom stereocenters. The van der Waals surface area contributed by atoms with Gasteiger partial charge in [-0.25, -0.2) is 0 Å². The molecule has 4 fully saturated rings. The minimum absolute atomic E-state index is 0.00143. The molecule has 0 aromatic carbocycles. The minimum atomic E-state index is -0.860. The van der Waals surface area contributed by atoms with E-state index in [1.165, 1.54) is 0 Å². The molecule has 1 spiro atoms. The largest absolute Gasteiger partial charge is 0.391 e. The van der Waals surface area contributed by atoms with E-state index in [1.807, 2.05) is 6.92 Å². The first-order chi connectivity index (χ1) is 13.3. The van der Waals surface area contributed by atoms with Crippen molar-refractivity contribution in [3.63, 3.8) is 0 Å². The Balaban J connectivity index is 1.62. The Morgan fingerprint density at radius 2 is 1.79 bits per heavy atom. The Morgan fingerprint density at radius 3 is 2.39 bits per heavy atom. The maximum absolute atomic E-state index is 11.3. The molecule has 0 amide bonds. The van der Waals surface area contributed by atoms with Gasteiger partial charge < -0.3 is 33.9 Å². The molecule has 2 N–H and O–H groups in total. The number of aliphatic hydroxyl groups is 2. The molecule has 4 saturated heterocycles. The van der Waals surface area contributed by atoms with Crippen LogP contribution in [0.2, 0.25) is 0 Å². The quantitative estimate of drug-likeness (QED) is 0.726. The van der Waals surface area contributed by atoms with Crippen LogP contribution in [0.4, 0.5) is 0 Å². The smallest absolute Gasteiger partial charge is 0.174 e. The van der Waals surface area contributed by atoms with Crippen LogP contribution in [0.5, 0.6) is 0 Å². The van der Waals surface area contributed by atoms with Crippen LogP contribution in [0.15, 0.2) is 0 Å². The van der Waals surface area contributed by atoms with Crippen LogP contribution in [0.1, 0.15) is 47.0 Å². The standard InChI is InChI=1S/C21H36O7/c1-6-14-15(24-5)7-16-18(26-14)11(3)17(23)20-19(27-16)10(2)12(4)21(28-20)8-13(22)9-25-21/h10-20,22-23H,6-9H2,1-5H3/t10-,11-,12-,13-,14-,15+,16-,17-,18+,19+,20-,21+/m0/s1. The fraction of sp³-hybridized carbons (Fsp3) is 1.00. The van der Waals surface area contributed by atoms with E-state index in [1.54, 1.807) is 7.11 Å². The van der Waals surface area contributed by atoms with E-state index in [0.717, 1.165) is 12.8 Å². The van der Waals surface area contributed by atoms with Gasteiger partial charge in [-0.2, -0.15) is 0 Å². The SMILES string of the molecule is CC[C@@H]1O[C@@H]2[C@@H](C)[C@H](O)[C@@H]3O[C@]4(C[C@H](O)CO4)[C@@H](C)[C@H](C)[C@H]3O[C@H]2C[C@H]1OC. The van der Waals surface area contributed by atoms with E-state index in [4.69, 9.17) is 23.7 Å². The Hall–Kier alpha value is -0.280. The molecule has 4 aliphatic rings.